The van der Waals surface area contributed by atoms with Gasteiger partial charge in [0.15, 0.2) is 23.6 Å². The summed E-state index contributed by atoms with van der Waals surface area (Å²) in [4.78, 5) is 18.0. The summed E-state index contributed by atoms with van der Waals surface area (Å²) in [5, 5.41) is 0. The van der Waals surface area contributed by atoms with Crippen molar-refractivity contribution in [3.63, 3.8) is 0 Å². The SMILES string of the molecule is COc1cc2c(cc1OC)CN(C(=O)c1cocn1)CC2. The van der Waals surface area contributed by atoms with Crippen LogP contribution in [0.3, 0.4) is 0 Å². The van der Waals surface area contributed by atoms with Gasteiger partial charge < -0.3 is 18.8 Å². The van der Waals surface area contributed by atoms with Gasteiger partial charge in [-0.05, 0) is 29.7 Å². The van der Waals surface area contributed by atoms with E-state index in [4.69, 9.17) is 13.9 Å². The van der Waals surface area contributed by atoms with Gasteiger partial charge in [-0.3, -0.25) is 4.79 Å². The maximum Gasteiger partial charge on any atom is 0.276 e. The van der Waals surface area contributed by atoms with Crippen LogP contribution >= 0.6 is 0 Å². The van der Waals surface area contributed by atoms with Crippen LogP contribution in [0.2, 0.25) is 0 Å². The Balaban J connectivity index is 1.86. The predicted octanol–water partition coefficient (Wildman–Crippen LogP) is 1.89. The first-order valence-corrected chi connectivity index (χ1v) is 6.64. The molecule has 0 aliphatic carbocycles. The van der Waals surface area contributed by atoms with Gasteiger partial charge in [-0.2, -0.15) is 0 Å². The van der Waals surface area contributed by atoms with Gasteiger partial charge in [0, 0.05) is 13.1 Å². The van der Waals surface area contributed by atoms with Gasteiger partial charge in [0.25, 0.3) is 5.91 Å². The minimum absolute atomic E-state index is 0.121. The molecule has 0 saturated heterocycles. The number of carbonyl (C=O) groups excluding carboxylic acids is 1. The van der Waals surface area contributed by atoms with E-state index in [1.165, 1.54) is 18.2 Å². The van der Waals surface area contributed by atoms with Crippen LogP contribution in [-0.2, 0) is 13.0 Å². The van der Waals surface area contributed by atoms with E-state index >= 15 is 0 Å². The van der Waals surface area contributed by atoms with Crippen molar-refractivity contribution in [2.24, 2.45) is 0 Å². The van der Waals surface area contributed by atoms with Crippen LogP contribution in [0.4, 0.5) is 0 Å². The molecule has 0 saturated carbocycles. The number of rotatable bonds is 3. The molecule has 0 unspecified atom stereocenters. The fourth-order valence-electron chi connectivity index (χ4n) is 2.54. The average molecular weight is 288 g/mol. The van der Waals surface area contributed by atoms with Crippen molar-refractivity contribution < 1.29 is 18.7 Å². The van der Waals surface area contributed by atoms with E-state index in [0.717, 1.165) is 12.0 Å². The zero-order chi connectivity index (χ0) is 14.8. The van der Waals surface area contributed by atoms with Crippen molar-refractivity contribution in [1.82, 2.24) is 9.88 Å². The van der Waals surface area contributed by atoms with E-state index in [-0.39, 0.29) is 5.91 Å². The second-order valence-electron chi connectivity index (χ2n) is 4.83. The molecule has 0 spiro atoms. The van der Waals surface area contributed by atoms with Gasteiger partial charge in [0.2, 0.25) is 0 Å². The Hall–Kier alpha value is -2.50. The number of fused-ring (bicyclic) bond motifs is 1. The van der Waals surface area contributed by atoms with Gasteiger partial charge in [0.05, 0.1) is 14.2 Å². The van der Waals surface area contributed by atoms with Crippen LogP contribution in [0.1, 0.15) is 21.6 Å². The lowest BCUT2D eigenvalue weighted by molar-refractivity contribution is 0.0728. The van der Waals surface area contributed by atoms with E-state index in [0.29, 0.717) is 30.3 Å². The second kappa shape index (κ2) is 5.47. The summed E-state index contributed by atoms with van der Waals surface area (Å²) in [6.07, 6.45) is 3.41. The largest absolute Gasteiger partial charge is 0.493 e. The van der Waals surface area contributed by atoms with Gasteiger partial charge in [-0.15, -0.1) is 0 Å². The Morgan fingerprint density at radius 3 is 2.57 bits per heavy atom. The van der Waals surface area contributed by atoms with Gasteiger partial charge in [-0.25, -0.2) is 4.98 Å². The van der Waals surface area contributed by atoms with E-state index in [9.17, 15) is 4.79 Å². The first-order valence-electron chi connectivity index (χ1n) is 6.64. The summed E-state index contributed by atoms with van der Waals surface area (Å²) >= 11 is 0. The molecule has 6 heteroatoms. The molecule has 1 aliphatic rings. The third-order valence-corrected chi connectivity index (χ3v) is 3.66. The highest BCUT2D eigenvalue weighted by molar-refractivity contribution is 5.92. The smallest absolute Gasteiger partial charge is 0.276 e. The monoisotopic (exact) mass is 288 g/mol. The molecule has 1 aromatic carbocycles. The summed E-state index contributed by atoms with van der Waals surface area (Å²) in [7, 11) is 3.22. The van der Waals surface area contributed by atoms with Crippen molar-refractivity contribution in [1.29, 1.82) is 0 Å². The van der Waals surface area contributed by atoms with E-state index in [1.807, 2.05) is 12.1 Å². The zero-order valence-electron chi connectivity index (χ0n) is 12.0. The number of hydrogen-bond donors (Lipinski definition) is 0. The van der Waals surface area contributed by atoms with Crippen LogP contribution in [-0.4, -0.2) is 36.6 Å². The van der Waals surface area contributed by atoms with E-state index in [2.05, 4.69) is 4.98 Å². The zero-order valence-corrected chi connectivity index (χ0v) is 12.0. The lowest BCUT2D eigenvalue weighted by atomic mass is 9.98. The fraction of sp³-hybridized carbons (Fsp3) is 0.333. The van der Waals surface area contributed by atoms with Crippen molar-refractivity contribution in [2.75, 3.05) is 20.8 Å². The molecule has 0 radical (unpaired) electrons. The highest BCUT2D eigenvalue weighted by atomic mass is 16.5. The van der Waals surface area contributed by atoms with Gasteiger partial charge in [0.1, 0.15) is 6.26 Å². The lowest BCUT2D eigenvalue weighted by Crippen LogP contribution is -2.36. The van der Waals surface area contributed by atoms with Crippen molar-refractivity contribution in [3.05, 3.63) is 41.6 Å². The molecule has 110 valence electrons. The van der Waals surface area contributed by atoms with Crippen LogP contribution in [0.5, 0.6) is 11.5 Å². The van der Waals surface area contributed by atoms with Crippen LogP contribution in [0, 0.1) is 0 Å². The standard InChI is InChI=1S/C15H16N2O4/c1-19-13-5-10-3-4-17(7-11(10)6-14(13)20-2)15(18)12-8-21-9-16-12/h5-6,8-9H,3-4,7H2,1-2H3. The van der Waals surface area contributed by atoms with Gasteiger partial charge in [-0.1, -0.05) is 0 Å². The van der Waals surface area contributed by atoms with E-state index in [1.54, 1.807) is 19.1 Å². The minimum atomic E-state index is -0.121. The molecule has 2 heterocycles. The third-order valence-electron chi connectivity index (χ3n) is 3.66. The Bertz CT molecular complexity index is 652. The number of amides is 1. The quantitative estimate of drug-likeness (QED) is 0.863. The number of carbonyl (C=O) groups is 1. The molecule has 0 N–H and O–H groups in total. The highest BCUT2D eigenvalue weighted by Gasteiger charge is 2.24. The maximum absolute atomic E-state index is 12.3. The average Bonchev–Trinajstić information content (AvgIpc) is 3.06. The summed E-state index contributed by atoms with van der Waals surface area (Å²) in [5.74, 6) is 1.27. The molecule has 21 heavy (non-hydrogen) atoms. The molecular weight excluding hydrogens is 272 g/mol. The molecule has 1 aliphatic heterocycles. The van der Waals surface area contributed by atoms with Crippen molar-refractivity contribution in [2.45, 2.75) is 13.0 Å². The van der Waals surface area contributed by atoms with Crippen LogP contribution in [0.15, 0.2) is 29.2 Å². The number of aromatic nitrogens is 1. The topological polar surface area (TPSA) is 64.8 Å². The number of oxazole rings is 1. The van der Waals surface area contributed by atoms with E-state index < -0.39 is 0 Å². The second-order valence-corrected chi connectivity index (χ2v) is 4.83. The molecular formula is C15H16N2O4. The first-order chi connectivity index (χ1) is 10.2. The molecule has 3 rings (SSSR count). The Kier molecular flexibility index (Phi) is 3.51. The number of methoxy groups -OCH3 is 2. The predicted molar refractivity (Wildman–Crippen MR) is 74.5 cm³/mol. The van der Waals surface area contributed by atoms with Crippen molar-refractivity contribution in [3.8, 4) is 11.5 Å². The summed E-state index contributed by atoms with van der Waals surface area (Å²) in [6, 6.07) is 3.91. The Morgan fingerprint density at radius 1 is 1.24 bits per heavy atom. The Labute approximate surface area is 122 Å². The minimum Gasteiger partial charge on any atom is -0.493 e. The first kappa shape index (κ1) is 13.5. The number of ether oxygens (including phenoxy) is 2. The molecule has 6 nitrogen and oxygen atoms in total. The number of benzene rings is 1. The lowest BCUT2D eigenvalue weighted by Gasteiger charge is -2.29. The fourth-order valence-corrected chi connectivity index (χ4v) is 2.54. The molecule has 2 aromatic rings. The summed E-state index contributed by atoms with van der Waals surface area (Å²) in [6.45, 7) is 1.18. The molecule has 1 aromatic heterocycles. The Morgan fingerprint density at radius 2 is 1.95 bits per heavy atom. The van der Waals surface area contributed by atoms with Crippen LogP contribution in [0.25, 0.3) is 0 Å². The molecule has 0 atom stereocenters. The van der Waals surface area contributed by atoms with Crippen molar-refractivity contribution >= 4 is 5.91 Å². The molecule has 0 bridgehead atoms. The molecule has 1 amide bonds. The number of hydrogen-bond acceptors (Lipinski definition) is 5. The van der Waals surface area contributed by atoms with Crippen LogP contribution < -0.4 is 9.47 Å². The number of nitrogens with zero attached hydrogens (tertiary/aromatic N) is 2. The van der Waals surface area contributed by atoms with Gasteiger partial charge >= 0.3 is 0 Å². The maximum atomic E-state index is 12.3. The molecule has 0 fully saturated rings. The summed E-state index contributed by atoms with van der Waals surface area (Å²) in [5.41, 5.74) is 2.58. The highest BCUT2D eigenvalue weighted by Crippen LogP contribution is 2.33. The normalized spacial score (nSPS) is 13.7. The summed E-state index contributed by atoms with van der Waals surface area (Å²) < 4.78 is 15.5. The third kappa shape index (κ3) is 2.44.